The minimum absolute atomic E-state index is 0.0843. The van der Waals surface area contributed by atoms with Crippen molar-refractivity contribution in [3.8, 4) is 0 Å². The third-order valence-corrected chi connectivity index (χ3v) is 1.78. The Bertz CT molecular complexity index is 298. The van der Waals surface area contributed by atoms with Crippen molar-refractivity contribution < 1.29 is 13.6 Å². The van der Waals surface area contributed by atoms with Crippen molar-refractivity contribution in [2.75, 3.05) is 0 Å². The Hall–Kier alpha value is -0.770. The van der Waals surface area contributed by atoms with Gasteiger partial charge in [0.05, 0.1) is 10.0 Å². The van der Waals surface area contributed by atoms with E-state index in [1.807, 2.05) is 0 Å². The number of rotatable bonds is 1. The molecule has 0 spiro atoms. The number of hydrogen-bond acceptors (Lipinski definition) is 1. The maximum atomic E-state index is 12.7. The number of hydrogen-bond donors (Lipinski definition) is 0. The summed E-state index contributed by atoms with van der Waals surface area (Å²) in [6.07, 6.45) is 0. The first-order valence-electron chi connectivity index (χ1n) is 2.77. The van der Waals surface area contributed by atoms with Crippen molar-refractivity contribution in [2.45, 2.75) is 0 Å². The molecule has 58 valence electrons. The zero-order chi connectivity index (χ0) is 8.43. The zero-order valence-electron chi connectivity index (χ0n) is 5.27. The highest BCUT2D eigenvalue weighted by molar-refractivity contribution is 9.10. The highest BCUT2D eigenvalue weighted by Gasteiger charge is 2.11. The largest absolute Gasteiger partial charge is 0.335 e. The Labute approximate surface area is 70.2 Å². The Morgan fingerprint density at radius 3 is 2.55 bits per heavy atom. The normalized spacial score (nSPS) is 9.73. The SMILES string of the molecule is O=C(F)c1cccc(Br)c1F. The molecule has 11 heavy (non-hydrogen) atoms. The number of carbonyl (C=O) groups excluding carboxylic acids is 1. The Morgan fingerprint density at radius 1 is 1.45 bits per heavy atom. The van der Waals surface area contributed by atoms with Crippen molar-refractivity contribution in [2.24, 2.45) is 0 Å². The molecular weight excluding hydrogens is 218 g/mol. The average Bonchev–Trinajstić information content (AvgIpc) is 1.94. The van der Waals surface area contributed by atoms with Crippen LogP contribution >= 0.6 is 15.9 Å². The van der Waals surface area contributed by atoms with Gasteiger partial charge in [0, 0.05) is 0 Å². The topological polar surface area (TPSA) is 17.1 Å². The maximum absolute atomic E-state index is 12.7. The lowest BCUT2D eigenvalue weighted by Gasteiger charge is -1.96. The van der Waals surface area contributed by atoms with E-state index in [0.29, 0.717) is 0 Å². The van der Waals surface area contributed by atoms with Crippen LogP contribution in [-0.2, 0) is 0 Å². The summed E-state index contributed by atoms with van der Waals surface area (Å²) in [5, 5.41) is 0. The van der Waals surface area contributed by atoms with E-state index in [-0.39, 0.29) is 4.47 Å². The van der Waals surface area contributed by atoms with Crippen LogP contribution in [0.3, 0.4) is 0 Å². The molecule has 0 unspecified atom stereocenters. The van der Waals surface area contributed by atoms with Gasteiger partial charge >= 0.3 is 6.04 Å². The second-order valence-corrected chi connectivity index (χ2v) is 2.73. The highest BCUT2D eigenvalue weighted by Crippen LogP contribution is 2.18. The molecule has 0 fully saturated rings. The van der Waals surface area contributed by atoms with Crippen LogP contribution in [0, 0.1) is 5.82 Å². The van der Waals surface area contributed by atoms with Crippen LogP contribution in [-0.4, -0.2) is 6.04 Å². The van der Waals surface area contributed by atoms with Crippen molar-refractivity contribution in [1.82, 2.24) is 0 Å². The lowest BCUT2D eigenvalue weighted by Crippen LogP contribution is -1.95. The monoisotopic (exact) mass is 220 g/mol. The highest BCUT2D eigenvalue weighted by atomic mass is 79.9. The number of benzene rings is 1. The lowest BCUT2D eigenvalue weighted by atomic mass is 10.2. The minimum atomic E-state index is -1.76. The molecule has 0 N–H and O–H groups in total. The van der Waals surface area contributed by atoms with Gasteiger partial charge in [-0.2, -0.15) is 4.39 Å². The summed E-state index contributed by atoms with van der Waals surface area (Å²) in [5.41, 5.74) is -0.542. The molecule has 1 aromatic rings. The molecule has 0 aliphatic rings. The molecule has 0 saturated carbocycles. The first-order chi connectivity index (χ1) is 5.13. The molecule has 0 radical (unpaired) electrons. The number of halogens is 3. The van der Waals surface area contributed by atoms with Crippen LogP contribution < -0.4 is 0 Å². The Morgan fingerprint density at radius 2 is 2.09 bits per heavy atom. The Balaban J connectivity index is 3.27. The first kappa shape index (κ1) is 8.33. The van der Waals surface area contributed by atoms with Gasteiger partial charge in [-0.15, -0.1) is 0 Å². The molecule has 4 heteroatoms. The van der Waals surface area contributed by atoms with Gasteiger partial charge in [-0.1, -0.05) is 6.07 Å². The van der Waals surface area contributed by atoms with Gasteiger partial charge in [0.25, 0.3) is 0 Å². The van der Waals surface area contributed by atoms with Gasteiger partial charge in [0.1, 0.15) is 0 Å². The summed E-state index contributed by atoms with van der Waals surface area (Å²) < 4.78 is 24.8. The van der Waals surface area contributed by atoms with Gasteiger partial charge in [-0.3, -0.25) is 4.79 Å². The van der Waals surface area contributed by atoms with Gasteiger partial charge in [-0.05, 0) is 28.1 Å². The Kier molecular flexibility index (Phi) is 2.34. The van der Waals surface area contributed by atoms with E-state index in [1.54, 1.807) is 0 Å². The van der Waals surface area contributed by atoms with E-state index >= 15 is 0 Å². The first-order valence-corrected chi connectivity index (χ1v) is 3.56. The van der Waals surface area contributed by atoms with Crippen molar-refractivity contribution in [3.63, 3.8) is 0 Å². The predicted molar refractivity (Wildman–Crippen MR) is 39.5 cm³/mol. The molecule has 0 bridgehead atoms. The summed E-state index contributed by atoms with van der Waals surface area (Å²) in [5.74, 6) is -0.861. The molecular formula is C7H3BrF2O. The molecule has 1 rings (SSSR count). The third kappa shape index (κ3) is 1.63. The second-order valence-electron chi connectivity index (χ2n) is 1.88. The summed E-state index contributed by atoms with van der Waals surface area (Å²) in [7, 11) is 0. The molecule has 0 saturated heterocycles. The van der Waals surface area contributed by atoms with Crippen LogP contribution in [0.5, 0.6) is 0 Å². The van der Waals surface area contributed by atoms with E-state index in [9.17, 15) is 13.6 Å². The molecule has 1 nitrogen and oxygen atoms in total. The van der Waals surface area contributed by atoms with E-state index in [4.69, 9.17) is 0 Å². The maximum Gasteiger partial charge on any atom is 0.335 e. The molecule has 0 amide bonds. The van der Waals surface area contributed by atoms with Crippen molar-refractivity contribution in [1.29, 1.82) is 0 Å². The van der Waals surface area contributed by atoms with Crippen LogP contribution in [0.2, 0.25) is 0 Å². The van der Waals surface area contributed by atoms with E-state index < -0.39 is 17.4 Å². The van der Waals surface area contributed by atoms with Crippen molar-refractivity contribution >= 4 is 22.0 Å². The second kappa shape index (κ2) is 3.09. The lowest BCUT2D eigenvalue weighted by molar-refractivity contribution is 0.0831. The molecule has 1 aromatic carbocycles. The van der Waals surface area contributed by atoms with Crippen LogP contribution in [0.25, 0.3) is 0 Å². The number of carbonyl (C=O) groups is 1. The minimum Gasteiger partial charge on any atom is -0.255 e. The van der Waals surface area contributed by atoms with Gasteiger partial charge in [-0.25, -0.2) is 4.39 Å². The predicted octanol–water partition coefficient (Wildman–Crippen LogP) is 2.70. The van der Waals surface area contributed by atoms with Gasteiger partial charge < -0.3 is 0 Å². The summed E-state index contributed by atoms with van der Waals surface area (Å²) in [6.45, 7) is 0. The van der Waals surface area contributed by atoms with E-state index in [0.717, 1.165) is 6.07 Å². The standard InChI is InChI=1S/C7H3BrF2O/c8-5-3-1-2-4(6(5)9)7(10)11/h1-3H. The zero-order valence-corrected chi connectivity index (χ0v) is 6.86. The van der Waals surface area contributed by atoms with Crippen LogP contribution in [0.1, 0.15) is 10.4 Å². The third-order valence-electron chi connectivity index (χ3n) is 1.16. The van der Waals surface area contributed by atoms with E-state index in [2.05, 4.69) is 15.9 Å². The van der Waals surface area contributed by atoms with E-state index in [1.165, 1.54) is 12.1 Å². The molecule has 0 aliphatic carbocycles. The quantitative estimate of drug-likeness (QED) is 0.666. The molecule has 0 aromatic heterocycles. The van der Waals surface area contributed by atoms with Crippen LogP contribution in [0.4, 0.5) is 8.78 Å². The fourth-order valence-electron chi connectivity index (χ4n) is 0.656. The van der Waals surface area contributed by atoms with Crippen molar-refractivity contribution in [3.05, 3.63) is 34.1 Å². The molecule has 0 heterocycles. The van der Waals surface area contributed by atoms with Gasteiger partial charge in [0.2, 0.25) is 0 Å². The van der Waals surface area contributed by atoms with Gasteiger partial charge in [0.15, 0.2) is 5.82 Å². The fraction of sp³-hybridized carbons (Fsp3) is 0. The average molecular weight is 221 g/mol. The smallest absolute Gasteiger partial charge is 0.255 e. The summed E-state index contributed by atoms with van der Waals surface area (Å²) in [4.78, 5) is 10.1. The molecule has 0 atom stereocenters. The molecule has 0 aliphatic heterocycles. The summed E-state index contributed by atoms with van der Waals surface area (Å²) in [6, 6.07) is 2.10. The summed E-state index contributed by atoms with van der Waals surface area (Å²) >= 11 is 2.82. The fourth-order valence-corrected chi connectivity index (χ4v) is 1.02. The van der Waals surface area contributed by atoms with Crippen LogP contribution in [0.15, 0.2) is 22.7 Å².